The lowest BCUT2D eigenvalue weighted by Gasteiger charge is -2.12. The van der Waals surface area contributed by atoms with Gasteiger partial charge in [0.1, 0.15) is 6.42 Å². The number of anilines is 1. The summed E-state index contributed by atoms with van der Waals surface area (Å²) in [6.07, 6.45) is 0.693. The fourth-order valence-corrected chi connectivity index (χ4v) is 2.01. The lowest BCUT2D eigenvalue weighted by molar-refractivity contribution is -0.127. The molecule has 0 aliphatic carbocycles. The van der Waals surface area contributed by atoms with Crippen LogP contribution in [-0.2, 0) is 9.59 Å². The van der Waals surface area contributed by atoms with Crippen molar-refractivity contribution in [1.82, 2.24) is 5.32 Å². The predicted molar refractivity (Wildman–Crippen MR) is 80.0 cm³/mol. The quantitative estimate of drug-likeness (QED) is 0.817. The Bertz CT molecular complexity index is 475. The van der Waals surface area contributed by atoms with Gasteiger partial charge in [-0.1, -0.05) is 22.9 Å². The van der Waals surface area contributed by atoms with Gasteiger partial charge in [-0.15, -0.1) is 0 Å². The summed E-state index contributed by atoms with van der Waals surface area (Å²) >= 11 is 3.36. The topological polar surface area (TPSA) is 58.2 Å². The van der Waals surface area contributed by atoms with E-state index in [2.05, 4.69) is 26.6 Å². The van der Waals surface area contributed by atoms with Crippen molar-refractivity contribution in [3.8, 4) is 0 Å². The number of hydrogen-bond donors (Lipinski definition) is 2. The molecule has 4 nitrogen and oxygen atoms in total. The lowest BCUT2D eigenvalue weighted by atomic mass is 10.2. The van der Waals surface area contributed by atoms with E-state index in [9.17, 15) is 9.59 Å². The number of carbonyl (C=O) groups excluding carboxylic acids is 2. The normalized spacial score (nSPS) is 11.8. The highest BCUT2D eigenvalue weighted by molar-refractivity contribution is 9.10. The zero-order chi connectivity index (χ0) is 14.4. The Balaban J connectivity index is 2.53. The molecule has 0 fully saturated rings. The van der Waals surface area contributed by atoms with Crippen molar-refractivity contribution in [3.63, 3.8) is 0 Å². The van der Waals surface area contributed by atoms with Gasteiger partial charge in [-0.2, -0.15) is 0 Å². The fourth-order valence-electron chi connectivity index (χ4n) is 1.54. The summed E-state index contributed by atoms with van der Waals surface area (Å²) in [4.78, 5) is 23.3. The number of nitrogens with one attached hydrogen (secondary N) is 2. The summed E-state index contributed by atoms with van der Waals surface area (Å²) in [5, 5.41) is 5.50. The van der Waals surface area contributed by atoms with Gasteiger partial charge in [0.05, 0.1) is 0 Å². The monoisotopic (exact) mass is 326 g/mol. The number of carbonyl (C=O) groups is 2. The molecule has 1 atom stereocenters. The van der Waals surface area contributed by atoms with Crippen LogP contribution in [0.1, 0.15) is 32.3 Å². The van der Waals surface area contributed by atoms with Gasteiger partial charge < -0.3 is 10.6 Å². The van der Waals surface area contributed by atoms with Gasteiger partial charge in [-0.05, 0) is 44.0 Å². The van der Waals surface area contributed by atoms with Crippen LogP contribution in [0.4, 0.5) is 5.69 Å². The molecule has 0 aliphatic rings. The minimum absolute atomic E-state index is 0.0923. The third kappa shape index (κ3) is 5.42. The second kappa shape index (κ2) is 7.28. The molecule has 0 aliphatic heterocycles. The van der Waals surface area contributed by atoms with Crippen molar-refractivity contribution in [2.75, 3.05) is 5.32 Å². The van der Waals surface area contributed by atoms with Gasteiger partial charge in [0, 0.05) is 16.2 Å². The van der Waals surface area contributed by atoms with E-state index in [1.54, 1.807) is 0 Å². The molecule has 104 valence electrons. The molecule has 1 aromatic carbocycles. The molecule has 2 N–H and O–H groups in total. The molecule has 0 saturated heterocycles. The van der Waals surface area contributed by atoms with E-state index in [4.69, 9.17) is 0 Å². The van der Waals surface area contributed by atoms with Crippen LogP contribution in [0, 0.1) is 6.92 Å². The number of rotatable bonds is 5. The SMILES string of the molecule is CCC(C)NC(=O)CC(=O)Nc1ccc(Br)cc1C. The highest BCUT2D eigenvalue weighted by atomic mass is 79.9. The molecule has 19 heavy (non-hydrogen) atoms. The summed E-state index contributed by atoms with van der Waals surface area (Å²) in [7, 11) is 0. The molecule has 0 aromatic heterocycles. The summed E-state index contributed by atoms with van der Waals surface area (Å²) in [5.41, 5.74) is 1.68. The summed E-state index contributed by atoms with van der Waals surface area (Å²) < 4.78 is 0.956. The maximum absolute atomic E-state index is 11.7. The van der Waals surface area contributed by atoms with E-state index in [1.165, 1.54) is 0 Å². The average Bonchev–Trinajstić information content (AvgIpc) is 2.32. The second-order valence-electron chi connectivity index (χ2n) is 4.56. The first kappa shape index (κ1) is 15.7. The molecule has 0 saturated carbocycles. The van der Waals surface area contributed by atoms with Crippen LogP contribution in [0.25, 0.3) is 0 Å². The van der Waals surface area contributed by atoms with Crippen molar-refractivity contribution in [1.29, 1.82) is 0 Å². The van der Waals surface area contributed by atoms with Gasteiger partial charge >= 0.3 is 0 Å². The molecule has 0 bridgehead atoms. The molecule has 2 amide bonds. The smallest absolute Gasteiger partial charge is 0.233 e. The number of amides is 2. The Labute approximate surface area is 122 Å². The van der Waals surface area contributed by atoms with Gasteiger partial charge in [0.15, 0.2) is 0 Å². The van der Waals surface area contributed by atoms with E-state index in [0.29, 0.717) is 0 Å². The van der Waals surface area contributed by atoms with Crippen LogP contribution in [0.5, 0.6) is 0 Å². The first-order chi connectivity index (χ1) is 8.92. The molecule has 0 heterocycles. The first-order valence-electron chi connectivity index (χ1n) is 6.27. The van der Waals surface area contributed by atoms with E-state index in [-0.39, 0.29) is 24.3 Å². The average molecular weight is 327 g/mol. The Hall–Kier alpha value is -1.36. The Morgan fingerprint density at radius 3 is 2.58 bits per heavy atom. The summed E-state index contributed by atoms with van der Waals surface area (Å²) in [5.74, 6) is -0.548. The van der Waals surface area contributed by atoms with Crippen LogP contribution < -0.4 is 10.6 Å². The van der Waals surface area contributed by atoms with E-state index in [0.717, 1.165) is 22.1 Å². The third-order valence-electron chi connectivity index (χ3n) is 2.80. The minimum atomic E-state index is -0.300. The van der Waals surface area contributed by atoms with Crippen LogP contribution in [0.3, 0.4) is 0 Å². The van der Waals surface area contributed by atoms with E-state index in [1.807, 2.05) is 39.0 Å². The highest BCUT2D eigenvalue weighted by Gasteiger charge is 2.12. The van der Waals surface area contributed by atoms with Crippen molar-refractivity contribution in [2.24, 2.45) is 0 Å². The van der Waals surface area contributed by atoms with Gasteiger partial charge in [-0.25, -0.2) is 0 Å². The van der Waals surface area contributed by atoms with Crippen molar-refractivity contribution >= 4 is 33.4 Å². The molecule has 0 spiro atoms. The van der Waals surface area contributed by atoms with Crippen LogP contribution >= 0.6 is 15.9 Å². The Morgan fingerprint density at radius 2 is 2.00 bits per heavy atom. The standard InChI is InChI=1S/C14H19BrN2O2/c1-4-10(3)16-13(18)8-14(19)17-12-6-5-11(15)7-9(12)2/h5-7,10H,4,8H2,1-3H3,(H,16,18)(H,17,19). The molecule has 1 rings (SSSR count). The minimum Gasteiger partial charge on any atom is -0.353 e. The van der Waals surface area contributed by atoms with Crippen LogP contribution in [0.15, 0.2) is 22.7 Å². The molecular formula is C14H19BrN2O2. The predicted octanol–water partition coefficient (Wildman–Crippen LogP) is 3.00. The van der Waals surface area contributed by atoms with E-state index >= 15 is 0 Å². The maximum Gasteiger partial charge on any atom is 0.233 e. The number of hydrogen-bond acceptors (Lipinski definition) is 2. The third-order valence-corrected chi connectivity index (χ3v) is 3.30. The maximum atomic E-state index is 11.7. The van der Waals surface area contributed by atoms with Crippen molar-refractivity contribution < 1.29 is 9.59 Å². The van der Waals surface area contributed by atoms with Gasteiger partial charge in [0.25, 0.3) is 0 Å². The highest BCUT2D eigenvalue weighted by Crippen LogP contribution is 2.20. The number of halogens is 1. The molecule has 1 aromatic rings. The molecule has 0 radical (unpaired) electrons. The second-order valence-corrected chi connectivity index (χ2v) is 5.48. The van der Waals surface area contributed by atoms with E-state index < -0.39 is 0 Å². The fraction of sp³-hybridized carbons (Fsp3) is 0.429. The van der Waals surface area contributed by atoms with Crippen molar-refractivity contribution in [2.45, 2.75) is 39.7 Å². The lowest BCUT2D eigenvalue weighted by Crippen LogP contribution is -2.34. The Morgan fingerprint density at radius 1 is 1.32 bits per heavy atom. The van der Waals surface area contributed by atoms with Gasteiger partial charge in [-0.3, -0.25) is 9.59 Å². The first-order valence-corrected chi connectivity index (χ1v) is 7.07. The molecular weight excluding hydrogens is 308 g/mol. The van der Waals surface area contributed by atoms with Crippen LogP contribution in [-0.4, -0.2) is 17.9 Å². The zero-order valence-corrected chi connectivity index (χ0v) is 13.0. The van der Waals surface area contributed by atoms with Gasteiger partial charge in [0.2, 0.25) is 11.8 Å². The van der Waals surface area contributed by atoms with Crippen LogP contribution in [0.2, 0.25) is 0 Å². The Kier molecular flexibility index (Phi) is 6.02. The van der Waals surface area contributed by atoms with Crippen molar-refractivity contribution in [3.05, 3.63) is 28.2 Å². The number of benzene rings is 1. The molecule has 1 unspecified atom stereocenters. The summed E-state index contributed by atoms with van der Waals surface area (Å²) in [6.45, 7) is 5.80. The molecule has 5 heteroatoms. The number of aryl methyl sites for hydroxylation is 1. The summed E-state index contributed by atoms with van der Waals surface area (Å²) in [6, 6.07) is 5.66. The zero-order valence-electron chi connectivity index (χ0n) is 11.4. The largest absolute Gasteiger partial charge is 0.353 e.